The summed E-state index contributed by atoms with van der Waals surface area (Å²) in [6.45, 7) is 0. The number of hydrogen-bond acceptors (Lipinski definition) is 3. The summed E-state index contributed by atoms with van der Waals surface area (Å²) < 4.78 is 0. The summed E-state index contributed by atoms with van der Waals surface area (Å²) >= 11 is 1.53. The molecule has 5 heteroatoms. The number of carbonyl (C=O) groups excluding carboxylic acids is 1. The summed E-state index contributed by atoms with van der Waals surface area (Å²) in [5.41, 5.74) is 4.10. The summed E-state index contributed by atoms with van der Waals surface area (Å²) in [4.78, 5) is 21.1. The molecular formula is C14H17NO3S. The second-order valence-corrected chi connectivity index (χ2v) is 5.68. The minimum absolute atomic E-state index is 0.380. The highest BCUT2D eigenvalue weighted by atomic mass is 32.2. The van der Waals surface area contributed by atoms with Crippen LogP contribution in [0.3, 0.4) is 0 Å². The van der Waals surface area contributed by atoms with E-state index in [9.17, 15) is 9.59 Å². The number of nitrogens with one attached hydrogen (secondary N) is 1. The summed E-state index contributed by atoms with van der Waals surface area (Å²) in [5, 5.41) is 11.2. The molecule has 0 saturated carbocycles. The maximum absolute atomic E-state index is 10.9. The van der Waals surface area contributed by atoms with Gasteiger partial charge in [-0.15, -0.1) is 0 Å². The zero-order valence-electron chi connectivity index (χ0n) is 10.6. The van der Waals surface area contributed by atoms with Gasteiger partial charge in [0.25, 0.3) is 0 Å². The monoisotopic (exact) mass is 279 g/mol. The Balaban J connectivity index is 1.85. The number of amides is 1. The van der Waals surface area contributed by atoms with E-state index in [1.165, 1.54) is 41.3 Å². The average molecular weight is 279 g/mol. The molecule has 1 aliphatic rings. The number of rotatable bonds is 7. The van der Waals surface area contributed by atoms with Crippen molar-refractivity contribution in [3.05, 3.63) is 34.9 Å². The number of benzene rings is 1. The molecular weight excluding hydrogens is 262 g/mol. The predicted molar refractivity (Wildman–Crippen MR) is 75.3 cm³/mol. The van der Waals surface area contributed by atoms with Crippen molar-refractivity contribution in [3.63, 3.8) is 0 Å². The highest BCUT2D eigenvalue weighted by Crippen LogP contribution is 2.24. The first-order chi connectivity index (χ1) is 9.20. The van der Waals surface area contributed by atoms with Crippen LogP contribution in [0.1, 0.15) is 23.1 Å². The predicted octanol–water partition coefficient (Wildman–Crippen LogP) is 1.61. The first kappa shape index (κ1) is 13.9. The van der Waals surface area contributed by atoms with Gasteiger partial charge in [-0.25, -0.2) is 4.79 Å². The zero-order chi connectivity index (χ0) is 13.7. The molecule has 0 heterocycles. The van der Waals surface area contributed by atoms with Gasteiger partial charge >= 0.3 is 5.97 Å². The zero-order valence-corrected chi connectivity index (χ0v) is 11.4. The molecule has 1 aliphatic carbocycles. The Morgan fingerprint density at radius 1 is 1.42 bits per heavy atom. The van der Waals surface area contributed by atoms with E-state index in [1.54, 1.807) is 0 Å². The van der Waals surface area contributed by atoms with E-state index in [4.69, 9.17) is 5.11 Å². The summed E-state index contributed by atoms with van der Waals surface area (Å²) in [6.07, 6.45) is 4.00. The van der Waals surface area contributed by atoms with Gasteiger partial charge in [0.2, 0.25) is 6.41 Å². The van der Waals surface area contributed by atoms with Crippen LogP contribution in [0.15, 0.2) is 18.2 Å². The van der Waals surface area contributed by atoms with Crippen LogP contribution in [0.2, 0.25) is 0 Å². The molecule has 0 saturated heterocycles. The molecule has 1 unspecified atom stereocenters. The van der Waals surface area contributed by atoms with Crippen LogP contribution in [0, 0.1) is 0 Å². The maximum Gasteiger partial charge on any atom is 0.327 e. The van der Waals surface area contributed by atoms with Crippen LogP contribution in [0.25, 0.3) is 0 Å². The number of thioether (sulfide) groups is 1. The fraction of sp³-hybridized carbons (Fsp3) is 0.429. The molecule has 0 spiro atoms. The van der Waals surface area contributed by atoms with Crippen molar-refractivity contribution in [2.24, 2.45) is 0 Å². The van der Waals surface area contributed by atoms with Crippen LogP contribution in [-0.2, 0) is 28.2 Å². The topological polar surface area (TPSA) is 66.4 Å². The molecule has 102 valence electrons. The highest BCUT2D eigenvalue weighted by Gasteiger charge is 2.16. The molecule has 4 nitrogen and oxygen atoms in total. The van der Waals surface area contributed by atoms with Crippen LogP contribution in [0.5, 0.6) is 0 Å². The van der Waals surface area contributed by atoms with E-state index >= 15 is 0 Å². The smallest absolute Gasteiger partial charge is 0.327 e. The average Bonchev–Trinajstić information content (AvgIpc) is 2.85. The van der Waals surface area contributed by atoms with Crippen molar-refractivity contribution in [2.75, 3.05) is 5.75 Å². The molecule has 2 N–H and O–H groups in total. The standard InChI is InChI=1S/C14H17NO3S/c16-9-15-13(14(17)18)8-19-7-10-4-5-11-2-1-3-12(11)6-10/h4-6,9,13H,1-3,7-8H2,(H,15,16)(H,17,18). The second-order valence-electron chi connectivity index (χ2n) is 4.65. The van der Waals surface area contributed by atoms with E-state index in [2.05, 4.69) is 23.5 Å². The second kappa shape index (κ2) is 6.61. The number of hydrogen-bond donors (Lipinski definition) is 2. The summed E-state index contributed by atoms with van der Waals surface area (Å²) in [5.74, 6) is 0.163. The van der Waals surface area contributed by atoms with Crippen LogP contribution >= 0.6 is 11.8 Å². The number of fused-ring (bicyclic) bond motifs is 1. The molecule has 1 aromatic carbocycles. The molecule has 0 bridgehead atoms. The molecule has 0 aliphatic heterocycles. The highest BCUT2D eigenvalue weighted by molar-refractivity contribution is 7.98. The number of aliphatic carboxylic acids is 1. The lowest BCUT2D eigenvalue weighted by molar-refractivity contribution is -0.139. The molecule has 1 amide bonds. The fourth-order valence-electron chi connectivity index (χ4n) is 2.28. The van der Waals surface area contributed by atoms with Crippen molar-refractivity contribution in [1.82, 2.24) is 5.32 Å². The Morgan fingerprint density at radius 3 is 2.95 bits per heavy atom. The molecule has 1 atom stereocenters. The van der Waals surface area contributed by atoms with Crippen LogP contribution in [0.4, 0.5) is 0 Å². The quantitative estimate of drug-likeness (QED) is 0.744. The Morgan fingerprint density at radius 2 is 2.21 bits per heavy atom. The number of carboxylic acid groups (broad SMARTS) is 1. The Bertz CT molecular complexity index is 476. The van der Waals surface area contributed by atoms with E-state index in [-0.39, 0.29) is 0 Å². The van der Waals surface area contributed by atoms with Gasteiger partial charge in [0.15, 0.2) is 0 Å². The third-order valence-electron chi connectivity index (χ3n) is 3.28. The Labute approximate surface area is 116 Å². The van der Waals surface area contributed by atoms with E-state index < -0.39 is 12.0 Å². The van der Waals surface area contributed by atoms with Gasteiger partial charge in [-0.05, 0) is 36.0 Å². The third-order valence-corrected chi connectivity index (χ3v) is 4.39. The number of carboxylic acids is 1. The molecule has 1 aromatic rings. The van der Waals surface area contributed by atoms with Gasteiger partial charge in [-0.1, -0.05) is 18.2 Å². The lowest BCUT2D eigenvalue weighted by atomic mass is 10.1. The van der Waals surface area contributed by atoms with Gasteiger partial charge in [-0.2, -0.15) is 11.8 Å². The van der Waals surface area contributed by atoms with Gasteiger partial charge in [0.1, 0.15) is 6.04 Å². The minimum atomic E-state index is -0.992. The van der Waals surface area contributed by atoms with Gasteiger partial charge in [0, 0.05) is 11.5 Å². The first-order valence-corrected chi connectivity index (χ1v) is 7.47. The number of carbonyl (C=O) groups is 2. The maximum atomic E-state index is 10.9. The lowest BCUT2D eigenvalue weighted by Gasteiger charge is -2.11. The third kappa shape index (κ3) is 3.73. The van der Waals surface area contributed by atoms with Gasteiger partial charge in [0.05, 0.1) is 0 Å². The molecule has 0 radical (unpaired) electrons. The van der Waals surface area contributed by atoms with Crippen molar-refractivity contribution >= 4 is 24.1 Å². The van der Waals surface area contributed by atoms with Crippen LogP contribution < -0.4 is 5.32 Å². The summed E-state index contributed by atoms with van der Waals surface area (Å²) in [6, 6.07) is 5.70. The van der Waals surface area contributed by atoms with E-state index in [0.717, 1.165) is 12.2 Å². The largest absolute Gasteiger partial charge is 0.480 e. The Hall–Kier alpha value is -1.49. The van der Waals surface area contributed by atoms with E-state index in [1.807, 2.05) is 0 Å². The summed E-state index contributed by atoms with van der Waals surface area (Å²) in [7, 11) is 0. The normalized spacial score (nSPS) is 14.7. The number of aryl methyl sites for hydroxylation is 2. The SMILES string of the molecule is O=CNC(CSCc1ccc2c(c1)CCC2)C(=O)O. The fourth-order valence-corrected chi connectivity index (χ4v) is 3.29. The molecule has 2 rings (SSSR count). The van der Waals surface area contributed by atoms with Crippen molar-refractivity contribution in [3.8, 4) is 0 Å². The minimum Gasteiger partial charge on any atom is -0.480 e. The van der Waals surface area contributed by atoms with Crippen molar-refractivity contribution in [1.29, 1.82) is 0 Å². The van der Waals surface area contributed by atoms with Gasteiger partial charge in [-0.3, -0.25) is 4.79 Å². The molecule has 0 fully saturated rings. The Kier molecular flexibility index (Phi) is 4.85. The molecule has 19 heavy (non-hydrogen) atoms. The lowest BCUT2D eigenvalue weighted by Crippen LogP contribution is -2.37. The van der Waals surface area contributed by atoms with Crippen molar-refractivity contribution < 1.29 is 14.7 Å². The molecule has 0 aromatic heterocycles. The van der Waals surface area contributed by atoms with Gasteiger partial charge < -0.3 is 10.4 Å². The van der Waals surface area contributed by atoms with Crippen molar-refractivity contribution in [2.45, 2.75) is 31.1 Å². The van der Waals surface area contributed by atoms with E-state index in [0.29, 0.717) is 12.2 Å². The first-order valence-electron chi connectivity index (χ1n) is 6.31. The van der Waals surface area contributed by atoms with Crippen LogP contribution in [-0.4, -0.2) is 29.3 Å².